The normalized spacial score (nSPS) is 29.6. The molecule has 0 N–H and O–H groups in total. The molecule has 1 amide bonds. The van der Waals surface area contributed by atoms with Crippen LogP contribution in [0.1, 0.15) is 26.2 Å². The SMILES string of the molecule is CC[C@@H]1CN(c2ccnc(Cl)n2)C(=O)[C@]1(C#N)C1CC1. The number of amides is 1. The third-order valence-electron chi connectivity index (χ3n) is 4.43. The van der Waals surface area contributed by atoms with Gasteiger partial charge in [-0.05, 0) is 42.8 Å². The fourth-order valence-electron chi connectivity index (χ4n) is 3.25. The first-order chi connectivity index (χ1) is 9.63. The van der Waals surface area contributed by atoms with Gasteiger partial charge in [-0.15, -0.1) is 0 Å². The maximum absolute atomic E-state index is 12.8. The molecule has 0 aromatic carbocycles. The van der Waals surface area contributed by atoms with Crippen molar-refractivity contribution in [3.05, 3.63) is 17.5 Å². The number of hydrogen-bond acceptors (Lipinski definition) is 4. The summed E-state index contributed by atoms with van der Waals surface area (Å²) >= 11 is 5.80. The van der Waals surface area contributed by atoms with Crippen LogP contribution in [0.3, 0.4) is 0 Å². The molecule has 20 heavy (non-hydrogen) atoms. The van der Waals surface area contributed by atoms with Crippen LogP contribution in [0.2, 0.25) is 5.28 Å². The van der Waals surface area contributed by atoms with Crippen molar-refractivity contribution in [3.63, 3.8) is 0 Å². The molecule has 2 fully saturated rings. The molecular weight excluding hydrogens is 276 g/mol. The van der Waals surface area contributed by atoms with Gasteiger partial charge in [-0.25, -0.2) is 9.97 Å². The van der Waals surface area contributed by atoms with Crippen molar-refractivity contribution >= 4 is 23.3 Å². The van der Waals surface area contributed by atoms with Crippen molar-refractivity contribution in [2.24, 2.45) is 17.3 Å². The fourth-order valence-corrected chi connectivity index (χ4v) is 3.39. The molecule has 0 spiro atoms. The van der Waals surface area contributed by atoms with Gasteiger partial charge in [-0.3, -0.25) is 9.69 Å². The van der Waals surface area contributed by atoms with Crippen LogP contribution in [0.25, 0.3) is 0 Å². The Balaban J connectivity index is 2.00. The Bertz CT molecular complexity index is 595. The average Bonchev–Trinajstić information content (AvgIpc) is 3.24. The number of nitrogens with zero attached hydrogens (tertiary/aromatic N) is 4. The number of carbonyl (C=O) groups is 1. The van der Waals surface area contributed by atoms with E-state index < -0.39 is 5.41 Å². The summed E-state index contributed by atoms with van der Waals surface area (Å²) in [5.74, 6) is 0.629. The number of nitriles is 1. The van der Waals surface area contributed by atoms with E-state index in [2.05, 4.69) is 16.0 Å². The van der Waals surface area contributed by atoms with Crippen LogP contribution in [0, 0.1) is 28.6 Å². The van der Waals surface area contributed by atoms with E-state index in [1.54, 1.807) is 11.0 Å². The second-order valence-electron chi connectivity index (χ2n) is 5.46. The first-order valence-electron chi connectivity index (χ1n) is 6.85. The molecule has 2 aliphatic rings. The van der Waals surface area contributed by atoms with Crippen molar-refractivity contribution in [1.82, 2.24) is 9.97 Å². The summed E-state index contributed by atoms with van der Waals surface area (Å²) in [7, 11) is 0. The zero-order valence-corrected chi connectivity index (χ0v) is 12.0. The van der Waals surface area contributed by atoms with E-state index >= 15 is 0 Å². The summed E-state index contributed by atoms with van der Waals surface area (Å²) in [5, 5.41) is 9.78. The maximum Gasteiger partial charge on any atom is 0.249 e. The first-order valence-corrected chi connectivity index (χ1v) is 7.23. The summed E-state index contributed by atoms with van der Waals surface area (Å²) in [6, 6.07) is 4.00. The Kier molecular flexibility index (Phi) is 3.14. The van der Waals surface area contributed by atoms with Crippen molar-refractivity contribution in [3.8, 4) is 6.07 Å². The van der Waals surface area contributed by atoms with E-state index in [1.807, 2.05) is 6.92 Å². The summed E-state index contributed by atoms with van der Waals surface area (Å²) in [6.45, 7) is 2.57. The smallest absolute Gasteiger partial charge is 0.249 e. The van der Waals surface area contributed by atoms with Crippen LogP contribution in [0.15, 0.2) is 12.3 Å². The van der Waals surface area contributed by atoms with Gasteiger partial charge in [-0.1, -0.05) is 6.92 Å². The Hall–Kier alpha value is -1.67. The van der Waals surface area contributed by atoms with Gasteiger partial charge in [-0.2, -0.15) is 5.26 Å². The molecule has 6 heteroatoms. The molecule has 104 valence electrons. The van der Waals surface area contributed by atoms with Gasteiger partial charge in [0.05, 0.1) is 6.07 Å². The van der Waals surface area contributed by atoms with E-state index in [4.69, 9.17) is 11.6 Å². The number of halogens is 1. The van der Waals surface area contributed by atoms with Gasteiger partial charge in [0.25, 0.3) is 0 Å². The van der Waals surface area contributed by atoms with Crippen molar-refractivity contribution in [1.29, 1.82) is 5.26 Å². The number of rotatable bonds is 3. The molecule has 5 nitrogen and oxygen atoms in total. The molecule has 1 aliphatic heterocycles. The predicted molar refractivity (Wildman–Crippen MR) is 73.9 cm³/mol. The van der Waals surface area contributed by atoms with Crippen molar-refractivity contribution in [2.45, 2.75) is 26.2 Å². The van der Waals surface area contributed by atoms with Crippen LogP contribution in [0.5, 0.6) is 0 Å². The number of anilines is 1. The lowest BCUT2D eigenvalue weighted by atomic mass is 9.73. The minimum Gasteiger partial charge on any atom is -0.295 e. The Morgan fingerprint density at radius 3 is 2.90 bits per heavy atom. The van der Waals surface area contributed by atoms with E-state index in [0.717, 1.165) is 19.3 Å². The van der Waals surface area contributed by atoms with Gasteiger partial charge >= 0.3 is 0 Å². The van der Waals surface area contributed by atoms with Gasteiger partial charge < -0.3 is 0 Å². The summed E-state index contributed by atoms with van der Waals surface area (Å²) in [6.07, 6.45) is 4.27. The molecule has 0 bridgehead atoms. The molecule has 0 unspecified atom stereocenters. The van der Waals surface area contributed by atoms with E-state index in [0.29, 0.717) is 12.4 Å². The van der Waals surface area contributed by atoms with Gasteiger partial charge in [0.15, 0.2) is 0 Å². The minimum atomic E-state index is -0.869. The molecule has 1 aliphatic carbocycles. The quantitative estimate of drug-likeness (QED) is 0.802. The zero-order chi connectivity index (χ0) is 14.3. The molecule has 1 saturated carbocycles. The first kappa shape index (κ1) is 13.3. The summed E-state index contributed by atoms with van der Waals surface area (Å²) in [4.78, 5) is 22.4. The standard InChI is InChI=1S/C14H15ClN4O/c1-2-9-7-19(11-5-6-17-13(15)18-11)12(20)14(9,8-16)10-3-4-10/h5-6,9-10H,2-4,7H2,1H3/t9-,14+/m1/s1. The van der Waals surface area contributed by atoms with Crippen LogP contribution >= 0.6 is 11.6 Å². The number of aromatic nitrogens is 2. The highest BCUT2D eigenvalue weighted by Gasteiger charge is 2.61. The lowest BCUT2D eigenvalue weighted by Gasteiger charge is -2.24. The third kappa shape index (κ3) is 1.79. The van der Waals surface area contributed by atoms with E-state index in [-0.39, 0.29) is 23.0 Å². The molecular formula is C14H15ClN4O. The fraction of sp³-hybridized carbons (Fsp3) is 0.571. The highest BCUT2D eigenvalue weighted by Crippen LogP contribution is 2.55. The van der Waals surface area contributed by atoms with Crippen molar-refractivity contribution in [2.75, 3.05) is 11.4 Å². The minimum absolute atomic E-state index is 0.0567. The number of carbonyl (C=O) groups excluding carboxylic acids is 1. The highest BCUT2D eigenvalue weighted by molar-refractivity contribution is 6.28. The van der Waals surface area contributed by atoms with E-state index in [9.17, 15) is 10.1 Å². The van der Waals surface area contributed by atoms with Gasteiger partial charge in [0.1, 0.15) is 11.2 Å². The average molecular weight is 291 g/mol. The Morgan fingerprint density at radius 1 is 1.60 bits per heavy atom. The topological polar surface area (TPSA) is 69.9 Å². The summed E-state index contributed by atoms with van der Waals surface area (Å²) in [5.41, 5.74) is -0.869. The zero-order valence-electron chi connectivity index (χ0n) is 11.2. The van der Waals surface area contributed by atoms with Crippen LogP contribution in [-0.4, -0.2) is 22.4 Å². The lowest BCUT2D eigenvalue weighted by Crippen LogP contribution is -2.37. The van der Waals surface area contributed by atoms with Crippen LogP contribution < -0.4 is 4.90 Å². The summed E-state index contributed by atoms with van der Waals surface area (Å²) < 4.78 is 0. The highest BCUT2D eigenvalue weighted by atomic mass is 35.5. The molecule has 1 aromatic heterocycles. The third-order valence-corrected chi connectivity index (χ3v) is 4.62. The van der Waals surface area contributed by atoms with E-state index in [1.165, 1.54) is 6.20 Å². The van der Waals surface area contributed by atoms with Gasteiger partial charge in [0.2, 0.25) is 11.2 Å². The molecule has 1 saturated heterocycles. The molecule has 3 rings (SSSR count). The Labute approximate surface area is 122 Å². The second kappa shape index (κ2) is 4.71. The largest absolute Gasteiger partial charge is 0.295 e. The number of hydrogen-bond donors (Lipinski definition) is 0. The Morgan fingerprint density at radius 2 is 2.35 bits per heavy atom. The van der Waals surface area contributed by atoms with Crippen LogP contribution in [-0.2, 0) is 4.79 Å². The van der Waals surface area contributed by atoms with Gasteiger partial charge in [0, 0.05) is 18.7 Å². The monoisotopic (exact) mass is 290 g/mol. The predicted octanol–water partition coefficient (Wildman–Crippen LogP) is 2.42. The second-order valence-corrected chi connectivity index (χ2v) is 5.80. The molecule has 1 aromatic rings. The molecule has 2 atom stereocenters. The molecule has 2 heterocycles. The maximum atomic E-state index is 12.8. The van der Waals surface area contributed by atoms with Crippen LogP contribution in [0.4, 0.5) is 5.82 Å². The molecule has 0 radical (unpaired) electrons. The van der Waals surface area contributed by atoms with Crippen molar-refractivity contribution < 1.29 is 4.79 Å². The lowest BCUT2D eigenvalue weighted by molar-refractivity contribution is -0.125.